The molecule has 4 heterocycles. The lowest BCUT2D eigenvalue weighted by molar-refractivity contribution is 1.31. The van der Waals surface area contributed by atoms with Crippen molar-refractivity contribution in [2.45, 2.75) is 55.4 Å². The highest BCUT2D eigenvalue weighted by Gasteiger charge is 2.07. The summed E-state index contributed by atoms with van der Waals surface area (Å²) in [5, 5.41) is 11.1. The Balaban J connectivity index is 0.000000113. The van der Waals surface area contributed by atoms with Gasteiger partial charge in [0.25, 0.3) is 0 Å². The van der Waals surface area contributed by atoms with E-state index in [0.29, 0.717) is 0 Å². The number of aromatic nitrogens is 4. The minimum absolute atomic E-state index is 1.04. The van der Waals surface area contributed by atoms with Gasteiger partial charge in [-0.15, -0.1) is 0 Å². The Morgan fingerprint density at radius 2 is 0.912 bits per heavy atom. The standard InChI is InChI=1S/2C17H15N.2C15H13N/c1-12-7-8-15(9-13(12)2)17-10-14-5-3-4-6-16(14)11-18-17;1-12-7-8-15(11-13(12)2)17-10-9-14-5-3-4-6-16(14)18-17;1-10-3-5-14-12(9-10)4-6-13-11(2)7-8-16-15(13)14;1-10-5-7-14-13(11(10)2)8-6-12-4-3-9-16-15(12)14/h2*3-11H,1-2H3;2*3-9H,1-2H3. The zero-order chi connectivity index (χ0) is 47.3. The molecule has 4 nitrogen and oxygen atoms in total. The quantitative estimate of drug-likeness (QED) is 0.162. The van der Waals surface area contributed by atoms with E-state index in [9.17, 15) is 0 Å². The van der Waals surface area contributed by atoms with Crippen molar-refractivity contribution in [1.82, 2.24) is 19.9 Å². The van der Waals surface area contributed by atoms with Crippen LogP contribution in [-0.2, 0) is 0 Å². The highest BCUT2D eigenvalue weighted by atomic mass is 14.7. The highest BCUT2D eigenvalue weighted by molar-refractivity contribution is 6.07. The van der Waals surface area contributed by atoms with E-state index in [1.54, 1.807) is 0 Å². The normalized spacial score (nSPS) is 10.9. The summed E-state index contributed by atoms with van der Waals surface area (Å²) in [6.07, 6.45) is 5.69. The molecule has 0 atom stereocenters. The van der Waals surface area contributed by atoms with Gasteiger partial charge < -0.3 is 0 Å². The number of fused-ring (bicyclic) bond motifs is 8. The molecule has 0 fully saturated rings. The number of para-hydroxylation sites is 1. The first kappa shape index (κ1) is 45.1. The molecule has 8 aromatic carbocycles. The number of hydrogen-bond donors (Lipinski definition) is 0. The summed E-state index contributed by atoms with van der Waals surface area (Å²) in [4.78, 5) is 18.2. The summed E-state index contributed by atoms with van der Waals surface area (Å²) >= 11 is 0. The Morgan fingerprint density at radius 3 is 1.68 bits per heavy atom. The van der Waals surface area contributed by atoms with Crippen LogP contribution in [-0.4, -0.2) is 19.9 Å². The molecule has 0 unspecified atom stereocenters. The lowest BCUT2D eigenvalue weighted by atomic mass is 9.99. The van der Waals surface area contributed by atoms with Gasteiger partial charge in [-0.3, -0.25) is 15.0 Å². The van der Waals surface area contributed by atoms with Crippen LogP contribution in [0.1, 0.15) is 44.5 Å². The van der Waals surface area contributed by atoms with Crippen molar-refractivity contribution in [3.8, 4) is 22.5 Å². The molecule has 0 aliphatic rings. The molecule has 332 valence electrons. The largest absolute Gasteiger partial charge is 0.256 e. The predicted octanol–water partition coefficient (Wildman–Crippen LogP) is 17.0. The van der Waals surface area contributed by atoms with Crippen molar-refractivity contribution >= 4 is 65.0 Å². The maximum atomic E-state index is 4.72. The Hall–Kier alpha value is -8.08. The maximum Gasteiger partial charge on any atom is 0.0782 e. The Morgan fingerprint density at radius 1 is 0.309 bits per heavy atom. The number of hydrogen-bond acceptors (Lipinski definition) is 4. The van der Waals surface area contributed by atoms with E-state index in [0.717, 1.165) is 27.9 Å². The van der Waals surface area contributed by atoms with Gasteiger partial charge in [-0.05, 0) is 153 Å². The third-order valence-corrected chi connectivity index (χ3v) is 13.2. The first-order valence-electron chi connectivity index (χ1n) is 23.3. The molecule has 0 aliphatic heterocycles. The van der Waals surface area contributed by atoms with Crippen molar-refractivity contribution in [2.24, 2.45) is 0 Å². The number of rotatable bonds is 2. The van der Waals surface area contributed by atoms with Crippen molar-refractivity contribution in [2.75, 3.05) is 0 Å². The molecule has 0 spiro atoms. The van der Waals surface area contributed by atoms with E-state index in [1.165, 1.54) is 104 Å². The molecule has 0 bridgehead atoms. The summed E-state index contributed by atoms with van der Waals surface area (Å²) in [6.45, 7) is 17.1. The Kier molecular flexibility index (Phi) is 13.1. The van der Waals surface area contributed by atoms with Crippen molar-refractivity contribution < 1.29 is 0 Å². The molecule has 4 heteroatoms. The summed E-state index contributed by atoms with van der Waals surface area (Å²) in [5.74, 6) is 0. The zero-order valence-electron chi connectivity index (χ0n) is 40.3. The van der Waals surface area contributed by atoms with Crippen LogP contribution in [0.5, 0.6) is 0 Å². The molecule has 0 amide bonds. The van der Waals surface area contributed by atoms with Gasteiger partial charge in [0.05, 0.1) is 27.9 Å². The van der Waals surface area contributed by atoms with Crippen LogP contribution in [0, 0.1) is 55.4 Å². The van der Waals surface area contributed by atoms with E-state index in [4.69, 9.17) is 4.98 Å². The van der Waals surface area contributed by atoms with Crippen molar-refractivity contribution in [1.29, 1.82) is 0 Å². The van der Waals surface area contributed by atoms with Gasteiger partial charge in [0, 0.05) is 62.0 Å². The summed E-state index contributed by atoms with van der Waals surface area (Å²) in [5.41, 5.74) is 18.2. The minimum atomic E-state index is 1.04. The molecule has 68 heavy (non-hydrogen) atoms. The van der Waals surface area contributed by atoms with Gasteiger partial charge >= 0.3 is 0 Å². The topological polar surface area (TPSA) is 51.6 Å². The molecule has 12 rings (SSSR count). The van der Waals surface area contributed by atoms with Crippen LogP contribution >= 0.6 is 0 Å². The molecule has 12 aromatic rings. The minimum Gasteiger partial charge on any atom is -0.256 e. The lowest BCUT2D eigenvalue weighted by Gasteiger charge is -2.07. The molecular weight excluding hydrogens is 825 g/mol. The summed E-state index contributed by atoms with van der Waals surface area (Å²) in [6, 6.07) is 61.6. The second-order valence-corrected chi connectivity index (χ2v) is 18.0. The number of nitrogens with zero attached hydrogens (tertiary/aromatic N) is 4. The summed E-state index contributed by atoms with van der Waals surface area (Å²) < 4.78 is 0. The average Bonchev–Trinajstić information content (AvgIpc) is 3.37. The molecule has 0 radical (unpaired) electrons. The van der Waals surface area contributed by atoms with Gasteiger partial charge in [0.1, 0.15) is 0 Å². The van der Waals surface area contributed by atoms with E-state index in [-0.39, 0.29) is 0 Å². The van der Waals surface area contributed by atoms with E-state index < -0.39 is 0 Å². The molecule has 4 aromatic heterocycles. The van der Waals surface area contributed by atoms with Gasteiger partial charge in [-0.1, -0.05) is 139 Å². The fourth-order valence-electron chi connectivity index (χ4n) is 8.68. The monoisotopic (exact) mass is 880 g/mol. The Bertz CT molecular complexity index is 3670. The second kappa shape index (κ2) is 19.8. The van der Waals surface area contributed by atoms with Gasteiger partial charge in [-0.2, -0.15) is 0 Å². The van der Waals surface area contributed by atoms with Crippen LogP contribution < -0.4 is 0 Å². The van der Waals surface area contributed by atoms with Crippen molar-refractivity contribution in [3.63, 3.8) is 0 Å². The molecule has 0 aliphatic carbocycles. The smallest absolute Gasteiger partial charge is 0.0782 e. The molecule has 0 N–H and O–H groups in total. The first-order valence-corrected chi connectivity index (χ1v) is 23.3. The number of pyridine rings is 4. The first-order chi connectivity index (χ1) is 33.0. The average molecular weight is 881 g/mol. The molecule has 0 saturated heterocycles. The van der Waals surface area contributed by atoms with Crippen LogP contribution in [0.25, 0.3) is 87.5 Å². The third kappa shape index (κ3) is 9.72. The van der Waals surface area contributed by atoms with Gasteiger partial charge in [0.2, 0.25) is 0 Å². The Labute approximate surface area is 400 Å². The van der Waals surface area contributed by atoms with Crippen LogP contribution in [0.15, 0.2) is 195 Å². The number of aryl methyl sites for hydroxylation is 8. The zero-order valence-corrected chi connectivity index (χ0v) is 40.3. The van der Waals surface area contributed by atoms with E-state index in [1.807, 2.05) is 42.9 Å². The number of benzene rings is 8. The predicted molar refractivity (Wildman–Crippen MR) is 291 cm³/mol. The van der Waals surface area contributed by atoms with Crippen LogP contribution in [0.3, 0.4) is 0 Å². The third-order valence-electron chi connectivity index (χ3n) is 13.2. The molecule has 0 saturated carbocycles. The highest BCUT2D eigenvalue weighted by Crippen LogP contribution is 2.29. The SMILES string of the molecule is Cc1ccc(-c2cc3ccccc3cn2)cc1C.Cc1ccc(-c2ccc3ccccc3n2)cc1C.Cc1ccc2c(ccc3c(C)ccnc32)c1.Cc1ccc2c(ccc3cccnc32)c1C. The van der Waals surface area contributed by atoms with E-state index in [2.05, 4.69) is 222 Å². The second-order valence-electron chi connectivity index (χ2n) is 18.0. The maximum absolute atomic E-state index is 4.72. The van der Waals surface area contributed by atoms with Crippen molar-refractivity contribution in [3.05, 3.63) is 239 Å². The van der Waals surface area contributed by atoms with Crippen LogP contribution in [0.2, 0.25) is 0 Å². The van der Waals surface area contributed by atoms with Gasteiger partial charge in [-0.25, -0.2) is 4.98 Å². The summed E-state index contributed by atoms with van der Waals surface area (Å²) in [7, 11) is 0. The fourth-order valence-corrected chi connectivity index (χ4v) is 8.68. The fraction of sp³-hybridized carbons (Fsp3) is 0.125. The van der Waals surface area contributed by atoms with Gasteiger partial charge in [0.15, 0.2) is 0 Å². The molecular formula is C64H56N4. The lowest BCUT2D eigenvalue weighted by Crippen LogP contribution is -1.87. The van der Waals surface area contributed by atoms with Crippen LogP contribution in [0.4, 0.5) is 0 Å². The van der Waals surface area contributed by atoms with E-state index >= 15 is 0 Å².